The Labute approximate surface area is 86.5 Å². The molecule has 0 aliphatic rings. The van der Waals surface area contributed by atoms with Gasteiger partial charge >= 0.3 is 5.97 Å². The van der Waals surface area contributed by atoms with Crippen LogP contribution in [-0.2, 0) is 14.0 Å². The SMILES string of the molecule is C=C(/C=C/C(=O)OCC)O[Si](C)(C)C. The molecule has 0 unspecified atom stereocenters. The predicted molar refractivity (Wildman–Crippen MR) is 59.3 cm³/mol. The fraction of sp³-hybridized carbons (Fsp3) is 0.500. The third kappa shape index (κ3) is 7.61. The highest BCUT2D eigenvalue weighted by Crippen LogP contribution is 2.09. The van der Waals surface area contributed by atoms with E-state index in [0.717, 1.165) is 0 Å². The van der Waals surface area contributed by atoms with Crippen molar-refractivity contribution in [1.29, 1.82) is 0 Å². The van der Waals surface area contributed by atoms with Crippen molar-refractivity contribution in [3.8, 4) is 0 Å². The summed E-state index contributed by atoms with van der Waals surface area (Å²) in [5.74, 6) is 0.144. The van der Waals surface area contributed by atoms with Crippen molar-refractivity contribution in [1.82, 2.24) is 0 Å². The minimum atomic E-state index is -1.61. The molecule has 0 aliphatic heterocycles. The highest BCUT2D eigenvalue weighted by molar-refractivity contribution is 6.70. The van der Waals surface area contributed by atoms with Crippen molar-refractivity contribution >= 4 is 14.3 Å². The van der Waals surface area contributed by atoms with Gasteiger partial charge in [-0.15, -0.1) is 0 Å². The number of allylic oxidation sites excluding steroid dienone is 1. The van der Waals surface area contributed by atoms with Gasteiger partial charge in [-0.3, -0.25) is 0 Å². The number of carbonyl (C=O) groups is 1. The van der Waals surface area contributed by atoms with Crippen molar-refractivity contribution in [2.24, 2.45) is 0 Å². The van der Waals surface area contributed by atoms with Gasteiger partial charge in [-0.05, 0) is 32.6 Å². The van der Waals surface area contributed by atoms with Gasteiger partial charge in [0.25, 0.3) is 0 Å². The summed E-state index contributed by atoms with van der Waals surface area (Å²) in [5, 5.41) is 0. The van der Waals surface area contributed by atoms with Gasteiger partial charge in [-0.1, -0.05) is 6.58 Å². The van der Waals surface area contributed by atoms with Crippen LogP contribution in [0.15, 0.2) is 24.5 Å². The quantitative estimate of drug-likeness (QED) is 0.232. The molecule has 0 radical (unpaired) electrons. The van der Waals surface area contributed by atoms with Crippen LogP contribution in [-0.4, -0.2) is 20.9 Å². The summed E-state index contributed by atoms with van der Waals surface area (Å²) >= 11 is 0. The van der Waals surface area contributed by atoms with E-state index in [-0.39, 0.29) is 5.97 Å². The van der Waals surface area contributed by atoms with E-state index in [1.165, 1.54) is 12.2 Å². The molecule has 0 saturated heterocycles. The van der Waals surface area contributed by atoms with Gasteiger partial charge in [-0.25, -0.2) is 4.79 Å². The number of esters is 1. The van der Waals surface area contributed by atoms with Gasteiger partial charge < -0.3 is 9.16 Å². The second-order valence-electron chi connectivity index (χ2n) is 3.77. The van der Waals surface area contributed by atoms with E-state index in [1.54, 1.807) is 6.92 Å². The Kier molecular flexibility index (Phi) is 5.23. The summed E-state index contributed by atoms with van der Waals surface area (Å²) in [6.45, 7) is 12.0. The Morgan fingerprint density at radius 1 is 1.36 bits per heavy atom. The molecule has 0 aromatic rings. The van der Waals surface area contributed by atoms with Crippen molar-refractivity contribution < 1.29 is 14.0 Å². The molecule has 0 aromatic heterocycles. The van der Waals surface area contributed by atoms with E-state index in [1.807, 2.05) is 0 Å². The first-order valence-corrected chi connectivity index (χ1v) is 7.98. The zero-order valence-electron chi connectivity index (χ0n) is 9.29. The molecule has 0 rings (SSSR count). The van der Waals surface area contributed by atoms with Gasteiger partial charge in [0.1, 0.15) is 0 Å². The summed E-state index contributed by atoms with van der Waals surface area (Å²) in [7, 11) is -1.61. The summed E-state index contributed by atoms with van der Waals surface area (Å²) in [5.41, 5.74) is 0. The van der Waals surface area contributed by atoms with Gasteiger partial charge in [0, 0.05) is 6.08 Å². The highest BCUT2D eigenvalue weighted by atomic mass is 28.4. The lowest BCUT2D eigenvalue weighted by molar-refractivity contribution is -0.137. The normalized spacial score (nSPS) is 11.4. The molecular weight excluding hydrogens is 196 g/mol. The second kappa shape index (κ2) is 5.65. The zero-order chi connectivity index (χ0) is 11.2. The van der Waals surface area contributed by atoms with Gasteiger partial charge in [0.2, 0.25) is 8.32 Å². The fourth-order valence-electron chi connectivity index (χ4n) is 0.779. The Hall–Kier alpha value is -1.03. The van der Waals surface area contributed by atoms with Crippen molar-refractivity contribution in [2.45, 2.75) is 26.6 Å². The van der Waals surface area contributed by atoms with Crippen LogP contribution in [0.25, 0.3) is 0 Å². The Morgan fingerprint density at radius 3 is 2.36 bits per heavy atom. The van der Waals surface area contributed by atoms with Crippen LogP contribution in [0.3, 0.4) is 0 Å². The molecule has 0 saturated carbocycles. The molecule has 0 amide bonds. The first-order chi connectivity index (χ1) is 6.35. The Morgan fingerprint density at radius 2 is 1.93 bits per heavy atom. The lowest BCUT2D eigenvalue weighted by Crippen LogP contribution is -2.24. The predicted octanol–water partition coefficient (Wildman–Crippen LogP) is 2.47. The maximum Gasteiger partial charge on any atom is 0.330 e. The average molecular weight is 214 g/mol. The Bertz CT molecular complexity index is 238. The smallest absolute Gasteiger partial charge is 0.330 e. The van der Waals surface area contributed by atoms with Crippen LogP contribution in [0.2, 0.25) is 19.6 Å². The standard InChI is InChI=1S/C10H18O3Si/c1-6-12-10(11)8-7-9(2)13-14(3,4)5/h7-8H,2,6H2,1,3-5H3/b8-7+. The van der Waals surface area contributed by atoms with E-state index in [9.17, 15) is 4.79 Å². The van der Waals surface area contributed by atoms with Crippen LogP contribution in [0.4, 0.5) is 0 Å². The zero-order valence-corrected chi connectivity index (χ0v) is 10.3. The van der Waals surface area contributed by atoms with E-state index in [4.69, 9.17) is 9.16 Å². The molecule has 80 valence electrons. The third-order valence-corrected chi connectivity index (χ3v) is 2.00. The number of carbonyl (C=O) groups excluding carboxylic acids is 1. The van der Waals surface area contributed by atoms with Gasteiger partial charge in [0.15, 0.2) is 0 Å². The van der Waals surface area contributed by atoms with Crippen LogP contribution in [0.1, 0.15) is 6.92 Å². The molecule has 0 fully saturated rings. The van der Waals surface area contributed by atoms with E-state index >= 15 is 0 Å². The molecule has 0 heterocycles. The highest BCUT2D eigenvalue weighted by Gasteiger charge is 2.15. The minimum absolute atomic E-state index is 0.368. The summed E-state index contributed by atoms with van der Waals surface area (Å²) in [6, 6.07) is 0. The van der Waals surface area contributed by atoms with Gasteiger partial charge in [-0.2, -0.15) is 0 Å². The van der Waals surface area contributed by atoms with E-state index in [2.05, 4.69) is 26.2 Å². The number of ether oxygens (including phenoxy) is 1. The lowest BCUT2D eigenvalue weighted by atomic mass is 10.4. The maximum absolute atomic E-state index is 10.9. The molecule has 0 atom stereocenters. The monoisotopic (exact) mass is 214 g/mol. The maximum atomic E-state index is 10.9. The summed E-state index contributed by atoms with van der Waals surface area (Å²) < 4.78 is 10.2. The van der Waals surface area contributed by atoms with E-state index < -0.39 is 8.32 Å². The van der Waals surface area contributed by atoms with Crippen LogP contribution in [0, 0.1) is 0 Å². The molecular formula is C10H18O3Si. The molecule has 0 spiro atoms. The largest absolute Gasteiger partial charge is 0.545 e. The van der Waals surface area contributed by atoms with Gasteiger partial charge in [0.05, 0.1) is 12.4 Å². The second-order valence-corrected chi connectivity index (χ2v) is 8.19. The molecule has 0 bridgehead atoms. The van der Waals surface area contributed by atoms with Crippen molar-refractivity contribution in [3.05, 3.63) is 24.5 Å². The number of rotatable bonds is 5. The number of hydrogen-bond acceptors (Lipinski definition) is 3. The van der Waals surface area contributed by atoms with Crippen molar-refractivity contribution in [2.75, 3.05) is 6.61 Å². The first-order valence-electron chi connectivity index (χ1n) is 4.58. The van der Waals surface area contributed by atoms with Crippen LogP contribution >= 0.6 is 0 Å². The molecule has 0 aromatic carbocycles. The lowest BCUT2D eigenvalue weighted by Gasteiger charge is -2.18. The molecule has 14 heavy (non-hydrogen) atoms. The van der Waals surface area contributed by atoms with E-state index in [0.29, 0.717) is 12.4 Å². The molecule has 4 heteroatoms. The summed E-state index contributed by atoms with van der Waals surface area (Å²) in [4.78, 5) is 10.9. The van der Waals surface area contributed by atoms with Crippen molar-refractivity contribution in [3.63, 3.8) is 0 Å². The topological polar surface area (TPSA) is 35.5 Å². The molecule has 0 aliphatic carbocycles. The minimum Gasteiger partial charge on any atom is -0.545 e. The van der Waals surface area contributed by atoms with Crippen LogP contribution < -0.4 is 0 Å². The first kappa shape index (κ1) is 13.0. The molecule has 3 nitrogen and oxygen atoms in total. The van der Waals surface area contributed by atoms with Crippen LogP contribution in [0.5, 0.6) is 0 Å². The average Bonchev–Trinajstić information content (AvgIpc) is 1.98. The Balaban J connectivity index is 4.00. The fourth-order valence-corrected chi connectivity index (χ4v) is 1.63. The third-order valence-electron chi connectivity index (χ3n) is 1.13. The summed E-state index contributed by atoms with van der Waals surface area (Å²) in [6.07, 6.45) is 2.86. The number of hydrogen-bond donors (Lipinski definition) is 0. The molecule has 0 N–H and O–H groups in total.